The molecule has 1 aromatic carbocycles. The van der Waals surface area contributed by atoms with Gasteiger partial charge in [-0.05, 0) is 12.1 Å². The lowest BCUT2D eigenvalue weighted by Crippen LogP contribution is -2.57. The molecule has 2 rings (SSSR count). The van der Waals surface area contributed by atoms with E-state index in [4.69, 9.17) is 4.74 Å². The van der Waals surface area contributed by atoms with Gasteiger partial charge in [-0.1, -0.05) is 18.2 Å². The highest BCUT2D eigenvalue weighted by Gasteiger charge is 2.19. The number of hydrogen-bond donors (Lipinski definition) is 2. The molecule has 1 heterocycles. The number of para-hydroxylation sites is 1. The van der Waals surface area contributed by atoms with Crippen LogP contribution in [0.2, 0.25) is 0 Å². The van der Waals surface area contributed by atoms with E-state index in [0.29, 0.717) is 5.75 Å². The summed E-state index contributed by atoms with van der Waals surface area (Å²) in [6.07, 6.45) is -0.386. The van der Waals surface area contributed by atoms with Crippen molar-refractivity contribution in [2.45, 2.75) is 6.04 Å². The van der Waals surface area contributed by atoms with Gasteiger partial charge in [0.2, 0.25) is 0 Å². The van der Waals surface area contributed by atoms with E-state index in [1.54, 1.807) is 12.1 Å². The maximum absolute atomic E-state index is 11.3. The van der Waals surface area contributed by atoms with Crippen LogP contribution < -0.4 is 15.4 Å². The molecule has 1 aliphatic heterocycles. The van der Waals surface area contributed by atoms with Gasteiger partial charge in [0.15, 0.2) is 0 Å². The first-order valence-corrected chi connectivity index (χ1v) is 4.59. The fourth-order valence-corrected chi connectivity index (χ4v) is 1.18. The molecular weight excluding hydrogens is 180 g/mol. The summed E-state index contributed by atoms with van der Waals surface area (Å²) >= 11 is 0. The van der Waals surface area contributed by atoms with Crippen LogP contribution in [0.25, 0.3) is 0 Å². The van der Waals surface area contributed by atoms with Gasteiger partial charge >= 0.3 is 6.09 Å². The van der Waals surface area contributed by atoms with Crippen molar-refractivity contribution in [1.82, 2.24) is 10.6 Å². The minimum Gasteiger partial charge on any atom is -0.410 e. The molecular formula is C10H12N2O2. The van der Waals surface area contributed by atoms with Crippen LogP contribution in [0.4, 0.5) is 4.79 Å². The van der Waals surface area contributed by atoms with Gasteiger partial charge in [0, 0.05) is 13.1 Å². The van der Waals surface area contributed by atoms with E-state index in [2.05, 4.69) is 10.6 Å². The molecule has 0 aliphatic carbocycles. The fraction of sp³-hybridized carbons (Fsp3) is 0.300. The number of hydrogen-bond acceptors (Lipinski definition) is 3. The SMILES string of the molecule is O=C(NC1CNC1)Oc1ccccc1. The van der Waals surface area contributed by atoms with E-state index in [1.807, 2.05) is 18.2 Å². The summed E-state index contributed by atoms with van der Waals surface area (Å²) in [7, 11) is 0. The highest BCUT2D eigenvalue weighted by molar-refractivity contribution is 5.70. The maximum Gasteiger partial charge on any atom is 0.412 e. The van der Waals surface area contributed by atoms with Gasteiger partial charge in [-0.3, -0.25) is 0 Å². The molecule has 0 aromatic heterocycles. The Bertz CT molecular complexity index is 309. The van der Waals surface area contributed by atoms with Gasteiger partial charge in [-0.15, -0.1) is 0 Å². The van der Waals surface area contributed by atoms with Crippen LogP contribution in [0, 0.1) is 0 Å². The number of carbonyl (C=O) groups is 1. The third-order valence-electron chi connectivity index (χ3n) is 2.06. The first kappa shape index (κ1) is 9.02. The lowest BCUT2D eigenvalue weighted by atomic mass is 10.2. The smallest absolute Gasteiger partial charge is 0.410 e. The van der Waals surface area contributed by atoms with E-state index in [1.165, 1.54) is 0 Å². The highest BCUT2D eigenvalue weighted by atomic mass is 16.6. The zero-order chi connectivity index (χ0) is 9.80. The first-order valence-electron chi connectivity index (χ1n) is 4.59. The van der Waals surface area contributed by atoms with E-state index >= 15 is 0 Å². The fourth-order valence-electron chi connectivity index (χ4n) is 1.18. The predicted octanol–water partition coefficient (Wildman–Crippen LogP) is 0.747. The van der Waals surface area contributed by atoms with E-state index in [9.17, 15) is 4.79 Å². The minimum absolute atomic E-state index is 0.214. The molecule has 4 heteroatoms. The summed E-state index contributed by atoms with van der Waals surface area (Å²) in [6, 6.07) is 9.24. The Morgan fingerprint density at radius 1 is 1.36 bits per heavy atom. The highest BCUT2D eigenvalue weighted by Crippen LogP contribution is 2.08. The summed E-state index contributed by atoms with van der Waals surface area (Å²) in [5.74, 6) is 0.567. The van der Waals surface area contributed by atoms with Crippen LogP contribution in [0.15, 0.2) is 30.3 Å². The van der Waals surface area contributed by atoms with Gasteiger partial charge in [0.25, 0.3) is 0 Å². The summed E-state index contributed by atoms with van der Waals surface area (Å²) in [6.45, 7) is 1.65. The summed E-state index contributed by atoms with van der Waals surface area (Å²) in [5.41, 5.74) is 0. The zero-order valence-corrected chi connectivity index (χ0v) is 7.69. The molecule has 74 valence electrons. The molecule has 4 nitrogen and oxygen atoms in total. The van der Waals surface area contributed by atoms with Crippen molar-refractivity contribution < 1.29 is 9.53 Å². The zero-order valence-electron chi connectivity index (χ0n) is 7.69. The molecule has 0 radical (unpaired) electrons. The normalized spacial score (nSPS) is 15.7. The van der Waals surface area contributed by atoms with E-state index < -0.39 is 0 Å². The van der Waals surface area contributed by atoms with Gasteiger partial charge in [-0.25, -0.2) is 4.79 Å². The lowest BCUT2D eigenvalue weighted by Gasteiger charge is -2.27. The largest absolute Gasteiger partial charge is 0.412 e. The van der Waals surface area contributed by atoms with Gasteiger partial charge in [0.1, 0.15) is 5.75 Å². The van der Waals surface area contributed by atoms with Crippen LogP contribution in [-0.4, -0.2) is 25.2 Å². The third kappa shape index (κ3) is 2.23. The van der Waals surface area contributed by atoms with E-state index in [-0.39, 0.29) is 12.1 Å². The van der Waals surface area contributed by atoms with Crippen LogP contribution in [0.3, 0.4) is 0 Å². The van der Waals surface area contributed by atoms with Crippen molar-refractivity contribution in [3.8, 4) is 5.75 Å². The van der Waals surface area contributed by atoms with Crippen LogP contribution >= 0.6 is 0 Å². The Kier molecular flexibility index (Phi) is 2.65. The number of ether oxygens (including phenoxy) is 1. The lowest BCUT2D eigenvalue weighted by molar-refractivity contribution is 0.190. The second-order valence-electron chi connectivity index (χ2n) is 3.20. The standard InChI is InChI=1S/C10H12N2O2/c13-10(12-8-6-11-7-8)14-9-4-2-1-3-5-9/h1-5,8,11H,6-7H2,(H,12,13). The molecule has 0 bridgehead atoms. The Morgan fingerprint density at radius 2 is 2.07 bits per heavy atom. The Labute approximate surface area is 82.3 Å². The molecule has 0 atom stereocenters. The monoisotopic (exact) mass is 192 g/mol. The van der Waals surface area contributed by atoms with Gasteiger partial charge < -0.3 is 15.4 Å². The molecule has 1 aromatic rings. The molecule has 1 saturated heterocycles. The molecule has 0 spiro atoms. The Hall–Kier alpha value is -1.55. The molecule has 2 N–H and O–H groups in total. The van der Waals surface area contributed by atoms with Gasteiger partial charge in [-0.2, -0.15) is 0 Å². The molecule has 1 aliphatic rings. The number of nitrogens with one attached hydrogen (secondary N) is 2. The molecule has 14 heavy (non-hydrogen) atoms. The first-order chi connectivity index (χ1) is 6.84. The minimum atomic E-state index is -0.386. The molecule has 1 amide bonds. The molecule has 1 fully saturated rings. The predicted molar refractivity (Wildman–Crippen MR) is 52.3 cm³/mol. The second-order valence-corrected chi connectivity index (χ2v) is 3.20. The van der Waals surface area contributed by atoms with Crippen molar-refractivity contribution in [1.29, 1.82) is 0 Å². The number of amides is 1. The van der Waals surface area contributed by atoms with Gasteiger partial charge in [0.05, 0.1) is 6.04 Å². The van der Waals surface area contributed by atoms with Crippen molar-refractivity contribution in [3.05, 3.63) is 30.3 Å². The number of benzene rings is 1. The van der Waals surface area contributed by atoms with Crippen LogP contribution in [-0.2, 0) is 0 Å². The average Bonchev–Trinajstić information content (AvgIpc) is 2.13. The molecule has 0 saturated carbocycles. The number of rotatable bonds is 2. The van der Waals surface area contributed by atoms with E-state index in [0.717, 1.165) is 13.1 Å². The number of carbonyl (C=O) groups excluding carboxylic acids is 1. The Balaban J connectivity index is 1.82. The van der Waals surface area contributed by atoms with Crippen molar-refractivity contribution in [2.24, 2.45) is 0 Å². The topological polar surface area (TPSA) is 50.4 Å². The van der Waals surface area contributed by atoms with Crippen LogP contribution in [0.1, 0.15) is 0 Å². The summed E-state index contributed by atoms with van der Waals surface area (Å²) < 4.78 is 5.04. The quantitative estimate of drug-likeness (QED) is 0.726. The van der Waals surface area contributed by atoms with Crippen molar-refractivity contribution in [3.63, 3.8) is 0 Å². The Morgan fingerprint density at radius 3 is 2.64 bits per heavy atom. The van der Waals surface area contributed by atoms with Crippen molar-refractivity contribution in [2.75, 3.05) is 13.1 Å². The summed E-state index contributed by atoms with van der Waals surface area (Å²) in [4.78, 5) is 11.3. The van der Waals surface area contributed by atoms with Crippen molar-refractivity contribution >= 4 is 6.09 Å². The summed E-state index contributed by atoms with van der Waals surface area (Å²) in [5, 5.41) is 5.80. The second kappa shape index (κ2) is 4.11. The average molecular weight is 192 g/mol. The third-order valence-corrected chi connectivity index (χ3v) is 2.06. The maximum atomic E-state index is 11.3. The molecule has 0 unspecified atom stereocenters. The van der Waals surface area contributed by atoms with Crippen LogP contribution in [0.5, 0.6) is 5.75 Å².